The maximum Gasteiger partial charge on any atom is 0.255 e. The van der Waals surface area contributed by atoms with Crippen LogP contribution in [0.2, 0.25) is 0 Å². The quantitative estimate of drug-likeness (QED) is 0.156. The molecule has 0 aromatic heterocycles. The monoisotopic (exact) mass is 445 g/mol. The Morgan fingerprint density at radius 3 is 2.53 bits per heavy atom. The van der Waals surface area contributed by atoms with Gasteiger partial charge < -0.3 is 42.3 Å². The number of phenolic OH excluding ortho intramolecular Hbond substituents is 1. The maximum atomic E-state index is 13.2. The number of primary amides is 1. The highest BCUT2D eigenvalue weighted by molar-refractivity contribution is 6.24. The van der Waals surface area contributed by atoms with Gasteiger partial charge in [-0.15, -0.1) is 0 Å². The van der Waals surface area contributed by atoms with Gasteiger partial charge >= 0.3 is 0 Å². The van der Waals surface area contributed by atoms with Crippen LogP contribution in [0.3, 0.4) is 0 Å². The molecule has 1 aromatic carbocycles. The number of aromatic hydroxyl groups is 1. The van der Waals surface area contributed by atoms with Crippen LogP contribution in [0.15, 0.2) is 34.8 Å². The fraction of sp³-hybridized carbons (Fsp3) is 0.381. The molecule has 3 aliphatic rings. The molecule has 3 aliphatic carbocycles. The van der Waals surface area contributed by atoms with E-state index in [0.717, 1.165) is 0 Å². The number of hydrogen-bond acceptors (Lipinski definition) is 10. The molecule has 0 radical (unpaired) electrons. The summed E-state index contributed by atoms with van der Waals surface area (Å²) in [5, 5.41) is 55.2. The smallest absolute Gasteiger partial charge is 0.255 e. The highest BCUT2D eigenvalue weighted by Crippen LogP contribution is 2.51. The molecule has 11 heteroatoms. The van der Waals surface area contributed by atoms with Crippen molar-refractivity contribution >= 4 is 23.2 Å². The highest BCUT2D eigenvalue weighted by atomic mass is 16.3. The Kier molecular flexibility index (Phi) is 4.99. The van der Waals surface area contributed by atoms with E-state index in [-0.39, 0.29) is 48.6 Å². The molecule has 11 nitrogen and oxygen atoms in total. The molecule has 4 atom stereocenters. The van der Waals surface area contributed by atoms with Crippen LogP contribution in [0.5, 0.6) is 5.75 Å². The van der Waals surface area contributed by atoms with Crippen LogP contribution < -0.4 is 16.8 Å². The summed E-state index contributed by atoms with van der Waals surface area (Å²) in [7, 11) is 0. The third-order valence-corrected chi connectivity index (χ3v) is 6.60. The number of anilines is 1. The molecule has 10 N–H and O–H groups in total. The maximum absolute atomic E-state index is 13.2. The lowest BCUT2D eigenvalue weighted by atomic mass is 9.58. The molecule has 0 fully saturated rings. The molecule has 0 spiro atoms. The molecule has 170 valence electrons. The number of nitrogens with two attached hydrogens (primary N) is 2. The normalized spacial score (nSPS) is 29.5. The summed E-state index contributed by atoms with van der Waals surface area (Å²) < 4.78 is 0. The van der Waals surface area contributed by atoms with Crippen LogP contribution >= 0.6 is 0 Å². The standard InChI is InChI=1S/C21H23N3O8/c22-10-1-2-11(26)13-8(10)5-7-6-9-15(24-3-4-25)17(28)14(20(23)31)19(30)21(9,32)18(29)12(7)16(13)27/h1-2,7,9,15,24-26,28-29,32H,3-6,22H2,(H2,23,31)/t7-,9-,15+,21-/m0/s1. The number of rotatable bonds is 4. The molecule has 1 aromatic rings. The first-order valence-corrected chi connectivity index (χ1v) is 9.98. The average molecular weight is 445 g/mol. The number of aliphatic hydroxyl groups excluding tert-OH is 3. The first-order valence-electron chi connectivity index (χ1n) is 9.98. The van der Waals surface area contributed by atoms with E-state index in [1.165, 1.54) is 12.1 Å². The van der Waals surface area contributed by atoms with Gasteiger partial charge in [0.15, 0.2) is 11.4 Å². The van der Waals surface area contributed by atoms with E-state index in [9.17, 15) is 39.9 Å². The van der Waals surface area contributed by atoms with E-state index in [2.05, 4.69) is 5.32 Å². The Morgan fingerprint density at radius 1 is 1.22 bits per heavy atom. The molecule has 0 saturated carbocycles. The lowest BCUT2D eigenvalue weighted by Gasteiger charge is -2.48. The summed E-state index contributed by atoms with van der Waals surface area (Å²) in [5.74, 6) is -7.35. The van der Waals surface area contributed by atoms with Crippen molar-refractivity contribution in [2.75, 3.05) is 18.9 Å². The minimum Gasteiger partial charge on any atom is -0.510 e. The Balaban J connectivity index is 1.93. The number of amides is 1. The van der Waals surface area contributed by atoms with Gasteiger partial charge in [0.25, 0.3) is 5.91 Å². The molecular formula is C21H23N3O8. The van der Waals surface area contributed by atoms with Crippen molar-refractivity contribution in [1.29, 1.82) is 0 Å². The number of phenols is 1. The molecule has 0 unspecified atom stereocenters. The third-order valence-electron chi connectivity index (χ3n) is 6.60. The van der Waals surface area contributed by atoms with Gasteiger partial charge in [0, 0.05) is 23.7 Å². The van der Waals surface area contributed by atoms with Crippen molar-refractivity contribution in [3.8, 4) is 5.75 Å². The van der Waals surface area contributed by atoms with Crippen molar-refractivity contribution < 1.29 is 39.9 Å². The summed E-state index contributed by atoms with van der Waals surface area (Å²) in [6.07, 6.45) is 0.0719. The number of carbonyl (C=O) groups is 3. The number of ketones is 2. The Morgan fingerprint density at radius 2 is 1.91 bits per heavy atom. The summed E-state index contributed by atoms with van der Waals surface area (Å²) in [6.45, 7) is -0.418. The van der Waals surface area contributed by atoms with E-state index >= 15 is 0 Å². The van der Waals surface area contributed by atoms with Crippen molar-refractivity contribution in [1.82, 2.24) is 5.32 Å². The average Bonchev–Trinajstić information content (AvgIpc) is 2.73. The van der Waals surface area contributed by atoms with Crippen LogP contribution in [0.1, 0.15) is 22.3 Å². The number of nitrogen functional groups attached to an aromatic ring is 1. The van der Waals surface area contributed by atoms with Gasteiger partial charge in [-0.3, -0.25) is 14.4 Å². The highest BCUT2D eigenvalue weighted by Gasteiger charge is 2.62. The molecule has 0 heterocycles. The number of Topliss-reactive ketones (excluding diaryl/α,β-unsaturated/α-hetero) is 2. The van der Waals surface area contributed by atoms with Crippen LogP contribution in [-0.2, 0) is 16.0 Å². The van der Waals surface area contributed by atoms with Gasteiger partial charge in [0.2, 0.25) is 5.78 Å². The molecule has 4 rings (SSSR count). The van der Waals surface area contributed by atoms with Gasteiger partial charge in [-0.2, -0.15) is 0 Å². The van der Waals surface area contributed by atoms with Gasteiger partial charge in [-0.25, -0.2) is 0 Å². The zero-order valence-electron chi connectivity index (χ0n) is 16.8. The Hall–Kier alpha value is -3.41. The lowest BCUT2D eigenvalue weighted by Crippen LogP contribution is -2.64. The second-order valence-corrected chi connectivity index (χ2v) is 8.24. The zero-order chi connectivity index (χ0) is 23.5. The minimum atomic E-state index is -2.72. The summed E-state index contributed by atoms with van der Waals surface area (Å²) in [4.78, 5) is 38.2. The number of benzene rings is 1. The molecular weight excluding hydrogens is 422 g/mol. The van der Waals surface area contributed by atoms with E-state index in [1.807, 2.05) is 0 Å². The molecule has 0 saturated heterocycles. The fourth-order valence-corrected chi connectivity index (χ4v) is 5.16. The predicted molar refractivity (Wildman–Crippen MR) is 109 cm³/mol. The van der Waals surface area contributed by atoms with Crippen molar-refractivity contribution in [2.45, 2.75) is 24.5 Å². The molecule has 1 amide bonds. The predicted octanol–water partition coefficient (Wildman–Crippen LogP) is -1.28. The summed E-state index contributed by atoms with van der Waals surface area (Å²) in [5.41, 5.74) is 7.86. The van der Waals surface area contributed by atoms with E-state index < -0.39 is 58.0 Å². The number of nitrogens with one attached hydrogen (secondary N) is 1. The first kappa shape index (κ1) is 21.8. The van der Waals surface area contributed by atoms with Crippen molar-refractivity contribution in [3.63, 3.8) is 0 Å². The van der Waals surface area contributed by atoms with Gasteiger partial charge in [-0.05, 0) is 36.5 Å². The number of carbonyl (C=O) groups excluding carboxylic acids is 3. The van der Waals surface area contributed by atoms with Crippen molar-refractivity contribution in [3.05, 3.63) is 45.9 Å². The van der Waals surface area contributed by atoms with Crippen LogP contribution in [0.4, 0.5) is 5.69 Å². The van der Waals surface area contributed by atoms with Gasteiger partial charge in [0.1, 0.15) is 22.8 Å². The number of hydrogen-bond donors (Lipinski definition) is 8. The summed E-state index contributed by atoms with van der Waals surface area (Å²) >= 11 is 0. The minimum absolute atomic E-state index is 0.0545. The van der Waals surface area contributed by atoms with E-state index in [1.54, 1.807) is 0 Å². The SMILES string of the molecule is NC(=O)C1=C(O)[C@H](NCCO)[C@@H]2C[C@@H]3Cc4c(N)ccc(O)c4C(=O)C3=C(O)[C@]2(O)C1=O. The van der Waals surface area contributed by atoms with Gasteiger partial charge in [-0.1, -0.05) is 0 Å². The molecule has 0 aliphatic heterocycles. The number of aliphatic hydroxyl groups is 4. The second kappa shape index (κ2) is 7.33. The first-order chi connectivity index (χ1) is 15.0. The zero-order valence-corrected chi connectivity index (χ0v) is 16.8. The largest absolute Gasteiger partial charge is 0.510 e. The number of fused-ring (bicyclic) bond motifs is 3. The second-order valence-electron chi connectivity index (χ2n) is 8.24. The molecule has 0 bridgehead atoms. The van der Waals surface area contributed by atoms with E-state index in [4.69, 9.17) is 11.5 Å². The fourth-order valence-electron chi connectivity index (χ4n) is 5.16. The third kappa shape index (κ3) is 2.75. The Labute approximate surface area is 181 Å². The van der Waals surface area contributed by atoms with Gasteiger partial charge in [0.05, 0.1) is 18.2 Å². The number of allylic oxidation sites excluding steroid dienone is 1. The summed E-state index contributed by atoms with van der Waals surface area (Å²) in [6, 6.07) is 1.46. The van der Waals surface area contributed by atoms with Crippen LogP contribution in [-0.4, -0.2) is 67.8 Å². The Bertz CT molecular complexity index is 1120. The molecule has 32 heavy (non-hydrogen) atoms. The topological polar surface area (TPSA) is 216 Å². The lowest BCUT2D eigenvalue weighted by molar-refractivity contribution is -0.146. The van der Waals surface area contributed by atoms with Crippen LogP contribution in [0, 0.1) is 11.8 Å². The van der Waals surface area contributed by atoms with Crippen molar-refractivity contribution in [2.24, 2.45) is 17.6 Å². The van der Waals surface area contributed by atoms with Crippen LogP contribution in [0.25, 0.3) is 0 Å². The van der Waals surface area contributed by atoms with E-state index in [0.29, 0.717) is 5.56 Å².